The molecule has 3 rings (SSSR count). The Morgan fingerprint density at radius 3 is 2.50 bits per heavy atom. The normalized spacial score (nSPS) is 11.5. The van der Waals surface area contributed by atoms with Crippen LogP contribution in [0.3, 0.4) is 0 Å². The van der Waals surface area contributed by atoms with E-state index in [4.69, 9.17) is 31.5 Å². The van der Waals surface area contributed by atoms with Crippen molar-refractivity contribution < 1.29 is 19.0 Å². The minimum absolute atomic E-state index is 0.0345. The second-order valence-corrected chi connectivity index (χ2v) is 10.2. The molecular weight excluding hydrogens is 502 g/mol. The lowest BCUT2D eigenvalue weighted by atomic mass is 9.87. The largest absolute Gasteiger partial charge is 0.490 e. The van der Waals surface area contributed by atoms with Crippen molar-refractivity contribution in [1.82, 2.24) is 15.6 Å². The van der Waals surface area contributed by atoms with E-state index in [1.54, 1.807) is 12.1 Å². The molecule has 0 atom stereocenters. The fourth-order valence-corrected chi connectivity index (χ4v) is 4.00. The minimum atomic E-state index is -0.341. The van der Waals surface area contributed by atoms with E-state index in [0.717, 1.165) is 17.1 Å². The van der Waals surface area contributed by atoms with Crippen molar-refractivity contribution in [1.29, 1.82) is 0 Å². The average Bonchev–Trinajstić information content (AvgIpc) is 3.22. The van der Waals surface area contributed by atoms with Crippen LogP contribution in [0.2, 0.25) is 5.02 Å². The van der Waals surface area contributed by atoms with Crippen LogP contribution in [0.1, 0.15) is 43.8 Å². The topological polar surface area (TPSA) is 121 Å². The van der Waals surface area contributed by atoms with Gasteiger partial charge in [0, 0.05) is 0 Å². The molecule has 1 amide bonds. The smallest absolute Gasteiger partial charge is 0.247 e. The summed E-state index contributed by atoms with van der Waals surface area (Å²) in [7, 11) is 0. The molecule has 9 nitrogen and oxygen atoms in total. The Hall–Kier alpha value is -3.37. The Morgan fingerprint density at radius 2 is 1.86 bits per heavy atom. The van der Waals surface area contributed by atoms with Crippen LogP contribution in [-0.2, 0) is 16.6 Å². The summed E-state index contributed by atoms with van der Waals surface area (Å²) < 4.78 is 17.4. The molecule has 0 aliphatic heterocycles. The molecule has 0 spiro atoms. The van der Waals surface area contributed by atoms with E-state index in [0.29, 0.717) is 45.4 Å². The average molecular weight is 532 g/mol. The van der Waals surface area contributed by atoms with E-state index in [9.17, 15) is 4.79 Å². The molecule has 0 fully saturated rings. The number of benzene rings is 2. The summed E-state index contributed by atoms with van der Waals surface area (Å²) in [5.74, 6) is 1.31. The highest BCUT2D eigenvalue weighted by Gasteiger charge is 2.14. The van der Waals surface area contributed by atoms with E-state index in [-0.39, 0.29) is 24.3 Å². The zero-order valence-corrected chi connectivity index (χ0v) is 22.3. The van der Waals surface area contributed by atoms with E-state index in [1.165, 1.54) is 11.8 Å². The molecule has 3 aromatic rings. The lowest BCUT2D eigenvalue weighted by Crippen LogP contribution is -2.19. The van der Waals surface area contributed by atoms with Gasteiger partial charge >= 0.3 is 0 Å². The van der Waals surface area contributed by atoms with Crippen molar-refractivity contribution in [3.8, 4) is 17.2 Å². The number of rotatable bonds is 11. The standard InChI is InChI=1S/C25H30ClN5O4S/c1-5-33-20-13-16(15-28-29-21(32)14-22-30-31-24(27)36-22)12-19(26)23(20)35-11-10-34-18-8-6-17(7-9-18)25(2,3)4/h6-9,12-13,15H,5,10-11,14H2,1-4H3,(H2,27,31)(H,29,32)/b28-15-. The summed E-state index contributed by atoms with van der Waals surface area (Å²) in [6.45, 7) is 9.41. The van der Waals surface area contributed by atoms with Gasteiger partial charge in [0.2, 0.25) is 11.0 Å². The molecule has 11 heteroatoms. The number of hydrazone groups is 1. The number of nitrogens with zero attached hydrogens (tertiary/aromatic N) is 3. The summed E-state index contributed by atoms with van der Waals surface area (Å²) in [4.78, 5) is 12.0. The van der Waals surface area contributed by atoms with Gasteiger partial charge in [0.05, 0.1) is 24.3 Å². The lowest BCUT2D eigenvalue weighted by Gasteiger charge is -2.19. The number of carbonyl (C=O) groups excluding carboxylic acids is 1. The summed E-state index contributed by atoms with van der Waals surface area (Å²) >= 11 is 7.61. The predicted molar refractivity (Wildman–Crippen MR) is 143 cm³/mol. The SMILES string of the molecule is CCOc1cc(/C=N\NC(=O)Cc2nnc(N)s2)cc(Cl)c1OCCOc1ccc(C(C)(C)C)cc1. The minimum Gasteiger partial charge on any atom is -0.490 e. The van der Waals surface area contributed by atoms with Crippen LogP contribution in [0.15, 0.2) is 41.5 Å². The molecule has 1 aromatic heterocycles. The van der Waals surface area contributed by atoms with Crippen molar-refractivity contribution in [3.63, 3.8) is 0 Å². The molecule has 0 saturated heterocycles. The van der Waals surface area contributed by atoms with E-state index in [1.807, 2.05) is 19.1 Å². The Balaban J connectivity index is 1.55. The number of aromatic nitrogens is 2. The number of nitrogen functional groups attached to an aromatic ring is 1. The highest BCUT2D eigenvalue weighted by molar-refractivity contribution is 7.15. The van der Waals surface area contributed by atoms with Crippen molar-refractivity contribution in [2.75, 3.05) is 25.6 Å². The number of ether oxygens (including phenoxy) is 3. The van der Waals surface area contributed by atoms with Crippen molar-refractivity contribution >= 4 is 40.2 Å². The predicted octanol–water partition coefficient (Wildman–Crippen LogP) is 4.62. The first-order valence-corrected chi connectivity index (χ1v) is 12.6. The Morgan fingerprint density at radius 1 is 1.14 bits per heavy atom. The van der Waals surface area contributed by atoms with Gasteiger partial charge in [-0.15, -0.1) is 10.2 Å². The van der Waals surface area contributed by atoms with Crippen molar-refractivity contribution in [3.05, 3.63) is 57.6 Å². The third-order valence-corrected chi connectivity index (χ3v) is 5.88. The summed E-state index contributed by atoms with van der Waals surface area (Å²) in [6, 6.07) is 11.4. The van der Waals surface area contributed by atoms with Gasteiger partial charge in [0.1, 0.15) is 24.0 Å². The van der Waals surface area contributed by atoms with Crippen LogP contribution in [0, 0.1) is 0 Å². The molecule has 36 heavy (non-hydrogen) atoms. The molecule has 0 saturated carbocycles. The molecule has 1 heterocycles. The highest BCUT2D eigenvalue weighted by atomic mass is 35.5. The molecule has 0 bridgehead atoms. The van der Waals surface area contributed by atoms with Crippen LogP contribution in [0.5, 0.6) is 17.2 Å². The van der Waals surface area contributed by atoms with Gasteiger partial charge in [0.15, 0.2) is 11.5 Å². The van der Waals surface area contributed by atoms with E-state index in [2.05, 4.69) is 53.6 Å². The monoisotopic (exact) mass is 531 g/mol. The lowest BCUT2D eigenvalue weighted by molar-refractivity contribution is -0.120. The van der Waals surface area contributed by atoms with E-state index < -0.39 is 0 Å². The van der Waals surface area contributed by atoms with Crippen LogP contribution in [0.25, 0.3) is 0 Å². The molecule has 0 radical (unpaired) electrons. The first kappa shape index (κ1) is 27.2. The third kappa shape index (κ3) is 8.10. The molecule has 2 aromatic carbocycles. The van der Waals surface area contributed by atoms with Crippen molar-refractivity contribution in [2.45, 2.75) is 39.5 Å². The maximum atomic E-state index is 12.0. The zero-order valence-electron chi connectivity index (χ0n) is 20.7. The van der Waals surface area contributed by atoms with Crippen LogP contribution < -0.4 is 25.4 Å². The fraction of sp³-hybridized carbons (Fsp3) is 0.360. The number of hydrogen-bond donors (Lipinski definition) is 2. The van der Waals surface area contributed by atoms with Crippen LogP contribution >= 0.6 is 22.9 Å². The van der Waals surface area contributed by atoms with Gasteiger partial charge in [-0.2, -0.15) is 5.10 Å². The van der Waals surface area contributed by atoms with Gasteiger partial charge in [-0.3, -0.25) is 4.79 Å². The second kappa shape index (κ2) is 12.5. The van der Waals surface area contributed by atoms with Crippen molar-refractivity contribution in [2.24, 2.45) is 5.10 Å². The summed E-state index contributed by atoms with van der Waals surface area (Å²) in [5, 5.41) is 12.6. The molecule has 0 aliphatic carbocycles. The number of anilines is 1. The maximum absolute atomic E-state index is 12.0. The third-order valence-electron chi connectivity index (χ3n) is 4.85. The molecule has 0 unspecified atom stereocenters. The summed E-state index contributed by atoms with van der Waals surface area (Å²) in [6.07, 6.45) is 1.50. The van der Waals surface area contributed by atoms with E-state index >= 15 is 0 Å². The number of hydrogen-bond acceptors (Lipinski definition) is 9. The Kier molecular flexibility index (Phi) is 9.49. The van der Waals surface area contributed by atoms with Gasteiger partial charge in [-0.1, -0.05) is 55.8 Å². The Labute approximate surface area is 219 Å². The number of nitrogens with one attached hydrogen (secondary N) is 1. The zero-order chi connectivity index (χ0) is 26.1. The highest BCUT2D eigenvalue weighted by Crippen LogP contribution is 2.36. The first-order valence-electron chi connectivity index (χ1n) is 11.4. The molecule has 0 aliphatic rings. The maximum Gasteiger partial charge on any atom is 0.247 e. The first-order chi connectivity index (χ1) is 17.2. The van der Waals surface area contributed by atoms with Gasteiger partial charge in [-0.25, -0.2) is 5.43 Å². The van der Waals surface area contributed by atoms with Gasteiger partial charge < -0.3 is 19.9 Å². The Bertz CT molecular complexity index is 1190. The quantitative estimate of drug-likeness (QED) is 0.210. The second-order valence-electron chi connectivity index (χ2n) is 8.74. The fourth-order valence-electron chi connectivity index (χ4n) is 3.11. The van der Waals surface area contributed by atoms with Crippen LogP contribution in [0.4, 0.5) is 5.13 Å². The van der Waals surface area contributed by atoms with Gasteiger partial charge in [-0.05, 0) is 47.7 Å². The number of amides is 1. The summed E-state index contributed by atoms with van der Waals surface area (Å²) in [5.41, 5.74) is 9.92. The molecule has 192 valence electrons. The number of halogens is 1. The number of carbonyl (C=O) groups is 1. The molecular formula is C25H30ClN5O4S. The van der Waals surface area contributed by atoms with Crippen LogP contribution in [-0.4, -0.2) is 42.1 Å². The number of nitrogens with two attached hydrogens (primary N) is 1. The molecule has 3 N–H and O–H groups in total. The van der Waals surface area contributed by atoms with Gasteiger partial charge in [0.25, 0.3) is 0 Å².